The van der Waals surface area contributed by atoms with Crippen molar-refractivity contribution in [1.29, 1.82) is 0 Å². The second-order valence-electron chi connectivity index (χ2n) is 9.90. The van der Waals surface area contributed by atoms with E-state index in [0.717, 1.165) is 62.4 Å². The minimum absolute atomic E-state index is 0.0218. The third-order valence-electron chi connectivity index (χ3n) is 7.52. The number of alkyl halides is 2. The van der Waals surface area contributed by atoms with Crippen molar-refractivity contribution in [2.75, 3.05) is 72.2 Å². The van der Waals surface area contributed by atoms with Crippen LogP contribution in [0, 0.1) is 5.92 Å². The van der Waals surface area contributed by atoms with Crippen molar-refractivity contribution in [2.45, 2.75) is 30.4 Å². The number of carbonyl (C=O) groups is 2. The number of hydrazine groups is 1. The van der Waals surface area contributed by atoms with Crippen molar-refractivity contribution < 1.29 is 23.1 Å². The third kappa shape index (κ3) is 7.37. The smallest absolute Gasteiger partial charge is 0.387 e. The van der Waals surface area contributed by atoms with Gasteiger partial charge >= 0.3 is 6.61 Å². The number of piperidine rings is 1. The molecule has 38 heavy (non-hydrogen) atoms. The zero-order valence-electron chi connectivity index (χ0n) is 22.1. The van der Waals surface area contributed by atoms with Gasteiger partial charge in [-0.05, 0) is 56.3 Å². The van der Waals surface area contributed by atoms with Crippen LogP contribution in [-0.2, 0) is 9.59 Å². The predicted molar refractivity (Wildman–Crippen MR) is 143 cm³/mol. The number of likely N-dealkylation sites (tertiary alicyclic amines) is 1. The Kier molecular flexibility index (Phi) is 10.2. The number of hydrogen-bond donors (Lipinski definition) is 2. The summed E-state index contributed by atoms with van der Waals surface area (Å²) in [4.78, 5) is 31.3. The number of aldehydes is 1. The lowest BCUT2D eigenvalue weighted by molar-refractivity contribution is -0.134. The Balaban J connectivity index is 1.29. The molecule has 0 aromatic heterocycles. The normalized spacial score (nSPS) is 21.6. The quantitative estimate of drug-likeness (QED) is 0.317. The highest BCUT2D eigenvalue weighted by Crippen LogP contribution is 2.35. The van der Waals surface area contributed by atoms with Crippen LogP contribution in [0.3, 0.4) is 0 Å². The highest BCUT2D eigenvalue weighted by molar-refractivity contribution is 7.98. The average Bonchev–Trinajstić information content (AvgIpc) is 3.32. The van der Waals surface area contributed by atoms with Crippen LogP contribution >= 0.6 is 11.8 Å². The second-order valence-corrected chi connectivity index (χ2v) is 10.8. The van der Waals surface area contributed by atoms with E-state index in [2.05, 4.69) is 20.5 Å². The number of piperazine rings is 1. The fraction of sp³-hybridized carbons (Fsp3) is 0.615. The van der Waals surface area contributed by atoms with Crippen LogP contribution in [0.25, 0.3) is 0 Å². The number of halogens is 2. The van der Waals surface area contributed by atoms with Crippen LogP contribution in [0.4, 0.5) is 8.78 Å². The molecule has 2 fully saturated rings. The molecule has 1 atom stereocenters. The van der Waals surface area contributed by atoms with Gasteiger partial charge in [-0.3, -0.25) is 14.6 Å². The van der Waals surface area contributed by atoms with Gasteiger partial charge in [-0.1, -0.05) is 0 Å². The number of hydrogen-bond acceptors (Lipinski definition) is 9. The minimum Gasteiger partial charge on any atom is -0.434 e. The number of likely N-dealkylation sites (N-methyl/N-ethyl adjacent to an activating group) is 1. The minimum atomic E-state index is -2.93. The van der Waals surface area contributed by atoms with Crippen LogP contribution in [0.15, 0.2) is 35.0 Å². The first-order valence-electron chi connectivity index (χ1n) is 13.1. The van der Waals surface area contributed by atoms with Gasteiger partial charge in [0.05, 0.1) is 18.3 Å². The number of nitrogens with zero attached hydrogens (tertiary/aromatic N) is 4. The van der Waals surface area contributed by atoms with Gasteiger partial charge in [-0.2, -0.15) is 8.78 Å². The highest BCUT2D eigenvalue weighted by atomic mass is 32.2. The molecule has 0 spiro atoms. The Morgan fingerprint density at radius 2 is 1.92 bits per heavy atom. The van der Waals surface area contributed by atoms with Crippen LogP contribution in [0.2, 0.25) is 0 Å². The van der Waals surface area contributed by atoms with Gasteiger partial charge in [0.15, 0.2) is 0 Å². The molecule has 1 unspecified atom stereocenters. The molecule has 2 saturated heterocycles. The fourth-order valence-electron chi connectivity index (χ4n) is 5.38. The predicted octanol–water partition coefficient (Wildman–Crippen LogP) is 1.99. The molecular formula is C26H38F2N6O3S. The van der Waals surface area contributed by atoms with Crippen molar-refractivity contribution in [2.24, 2.45) is 5.92 Å². The fourth-order valence-corrected chi connectivity index (χ4v) is 5.83. The van der Waals surface area contributed by atoms with Gasteiger partial charge < -0.3 is 24.8 Å². The number of ether oxygens (including phenoxy) is 1. The first kappa shape index (κ1) is 28.6. The standard InChI is InChI=1S/C26H38F2N6O3S/c1-29-22-17-34(30-25(22)21-15-20(38-2)3-4-23(21)37-26(27)28)18-24(36)33-11-9-32(10-12-33)16-19-5-7-31(8-6-19)13-14-35/h3-4,14-15,17,19,25-26,29-30H,5-13,16,18H2,1-2H3. The molecule has 1 amide bonds. The van der Waals surface area contributed by atoms with E-state index in [9.17, 15) is 18.4 Å². The van der Waals surface area contributed by atoms with Crippen LogP contribution in [0.5, 0.6) is 5.75 Å². The van der Waals surface area contributed by atoms with Crippen molar-refractivity contribution >= 4 is 24.0 Å². The molecule has 0 radical (unpaired) electrons. The summed E-state index contributed by atoms with van der Waals surface area (Å²) in [5, 5.41) is 4.84. The molecule has 210 valence electrons. The number of nitrogens with one attached hydrogen (secondary N) is 2. The van der Waals surface area contributed by atoms with E-state index in [4.69, 9.17) is 4.74 Å². The molecular weight excluding hydrogens is 514 g/mol. The van der Waals surface area contributed by atoms with Crippen LogP contribution in [-0.4, -0.2) is 111 Å². The number of carbonyl (C=O) groups excluding carboxylic acids is 2. The van der Waals surface area contributed by atoms with Gasteiger partial charge in [-0.15, -0.1) is 11.8 Å². The maximum atomic E-state index is 13.1. The molecule has 3 aliphatic rings. The van der Waals surface area contributed by atoms with E-state index >= 15 is 0 Å². The monoisotopic (exact) mass is 552 g/mol. The summed E-state index contributed by atoms with van der Waals surface area (Å²) in [5.74, 6) is 0.767. The largest absolute Gasteiger partial charge is 0.434 e. The van der Waals surface area contributed by atoms with E-state index in [1.54, 1.807) is 24.2 Å². The van der Waals surface area contributed by atoms with E-state index in [0.29, 0.717) is 31.1 Å². The first-order valence-corrected chi connectivity index (χ1v) is 14.3. The van der Waals surface area contributed by atoms with Gasteiger partial charge in [0, 0.05) is 56.4 Å². The molecule has 1 aromatic carbocycles. The lowest BCUT2D eigenvalue weighted by Crippen LogP contribution is -2.52. The van der Waals surface area contributed by atoms with Gasteiger partial charge in [0.25, 0.3) is 0 Å². The third-order valence-corrected chi connectivity index (χ3v) is 8.25. The zero-order valence-corrected chi connectivity index (χ0v) is 22.9. The molecule has 4 rings (SSSR count). The molecule has 0 aliphatic carbocycles. The SMILES string of the molecule is CNC1=CN(CC(=O)N2CCN(CC3CCN(CC=O)CC3)CC2)NC1c1cc(SC)ccc1OC(F)F. The molecule has 12 heteroatoms. The summed E-state index contributed by atoms with van der Waals surface area (Å²) in [7, 11) is 1.77. The summed E-state index contributed by atoms with van der Waals surface area (Å²) in [6, 6.07) is 4.70. The summed E-state index contributed by atoms with van der Waals surface area (Å²) < 4.78 is 30.9. The molecule has 9 nitrogen and oxygen atoms in total. The number of amides is 1. The van der Waals surface area contributed by atoms with Crippen LogP contribution in [0.1, 0.15) is 24.4 Å². The van der Waals surface area contributed by atoms with E-state index < -0.39 is 12.7 Å². The molecule has 3 aliphatic heterocycles. The summed E-state index contributed by atoms with van der Waals surface area (Å²) in [6.07, 6.45) is 6.93. The van der Waals surface area contributed by atoms with E-state index in [1.807, 2.05) is 23.4 Å². The summed E-state index contributed by atoms with van der Waals surface area (Å²) >= 11 is 1.52. The zero-order chi connectivity index (χ0) is 27.1. The van der Waals surface area contributed by atoms with E-state index in [1.165, 1.54) is 11.8 Å². The molecule has 1 aromatic rings. The summed E-state index contributed by atoms with van der Waals surface area (Å²) in [6.45, 7) is 3.81. The topological polar surface area (TPSA) is 80.4 Å². The molecule has 3 heterocycles. The van der Waals surface area contributed by atoms with Gasteiger partial charge in [0.2, 0.25) is 5.91 Å². The van der Waals surface area contributed by atoms with Crippen molar-refractivity contribution in [3.63, 3.8) is 0 Å². The molecule has 0 bridgehead atoms. The molecule has 0 saturated carbocycles. The first-order chi connectivity index (χ1) is 18.4. The lowest BCUT2D eigenvalue weighted by Gasteiger charge is -2.39. The van der Waals surface area contributed by atoms with Crippen molar-refractivity contribution in [1.82, 2.24) is 30.5 Å². The van der Waals surface area contributed by atoms with Crippen molar-refractivity contribution in [3.05, 3.63) is 35.7 Å². The molecule has 2 N–H and O–H groups in total. The average molecular weight is 553 g/mol. The maximum Gasteiger partial charge on any atom is 0.387 e. The lowest BCUT2D eigenvalue weighted by atomic mass is 9.96. The Morgan fingerprint density at radius 1 is 1.18 bits per heavy atom. The van der Waals surface area contributed by atoms with Gasteiger partial charge in [-0.25, -0.2) is 5.43 Å². The maximum absolute atomic E-state index is 13.1. The number of thioether (sulfide) groups is 1. The Hall–Kier alpha value is -2.41. The van der Waals surface area contributed by atoms with Gasteiger partial charge in [0.1, 0.15) is 18.6 Å². The number of benzene rings is 1. The number of rotatable bonds is 11. The summed E-state index contributed by atoms with van der Waals surface area (Å²) in [5.41, 5.74) is 4.62. The van der Waals surface area contributed by atoms with E-state index in [-0.39, 0.29) is 18.2 Å². The Bertz CT molecular complexity index is 984. The van der Waals surface area contributed by atoms with Crippen molar-refractivity contribution in [3.8, 4) is 5.75 Å². The second kappa shape index (κ2) is 13.6. The van der Waals surface area contributed by atoms with Crippen LogP contribution < -0.4 is 15.5 Å². The Morgan fingerprint density at radius 3 is 2.55 bits per heavy atom. The highest BCUT2D eigenvalue weighted by Gasteiger charge is 2.31. The Labute approximate surface area is 227 Å².